The molecule has 0 bridgehead atoms. The second-order valence-electron chi connectivity index (χ2n) is 12.1. The van der Waals surface area contributed by atoms with Crippen LogP contribution in [0.15, 0.2) is 29.8 Å². The largest absolute Gasteiger partial charge is 0.459 e. The molecular weight excluding hydrogens is 568 g/mol. The molecule has 0 radical (unpaired) electrons. The molecule has 238 valence electrons. The Morgan fingerprint density at radius 3 is 2.28 bits per heavy atom. The van der Waals surface area contributed by atoms with Crippen molar-refractivity contribution in [2.24, 2.45) is 11.3 Å². The predicted molar refractivity (Wildman–Crippen MR) is 168 cm³/mol. The van der Waals surface area contributed by atoms with Crippen LogP contribution in [0.4, 0.5) is 0 Å². The zero-order valence-electron chi connectivity index (χ0n) is 26.9. The van der Waals surface area contributed by atoms with Gasteiger partial charge in [-0.25, -0.2) is 4.98 Å². The minimum absolute atomic E-state index is 0.0239. The molecule has 4 atom stereocenters. The highest BCUT2D eigenvalue weighted by molar-refractivity contribution is 7.13. The lowest BCUT2D eigenvalue weighted by Crippen LogP contribution is -2.57. The topological polar surface area (TPSA) is 138 Å². The van der Waals surface area contributed by atoms with Crippen LogP contribution in [-0.2, 0) is 30.5 Å². The summed E-state index contributed by atoms with van der Waals surface area (Å²) < 4.78 is 5.39. The first-order valence-electron chi connectivity index (χ1n) is 14.9. The maximum Gasteiger partial charge on any atom is 0.306 e. The molecule has 2 aromatic rings. The summed E-state index contributed by atoms with van der Waals surface area (Å²) in [7, 11) is 0. The van der Waals surface area contributed by atoms with Gasteiger partial charge in [0.2, 0.25) is 17.7 Å². The van der Waals surface area contributed by atoms with Crippen molar-refractivity contribution in [3.8, 4) is 10.4 Å². The number of nitrogens with zero attached hydrogens (tertiary/aromatic N) is 2. The minimum atomic E-state index is -0.851. The van der Waals surface area contributed by atoms with Crippen molar-refractivity contribution in [2.45, 2.75) is 106 Å². The van der Waals surface area contributed by atoms with Gasteiger partial charge in [0, 0.05) is 26.3 Å². The highest BCUT2D eigenvalue weighted by Gasteiger charge is 2.44. The zero-order valence-corrected chi connectivity index (χ0v) is 27.7. The molecule has 0 aliphatic carbocycles. The number of hydrogen-bond donors (Lipinski definition) is 3. The molecule has 3 amide bonds. The highest BCUT2D eigenvalue weighted by atomic mass is 32.1. The SMILES string of the molecule is CC.CC(=O)NC(C(=O)N1CC(O)CC1C(=O)NC(C)c1ccc(-c2scnc2COC(=O)CC(C)C)cc1)C(C)(C)C. The number of amides is 3. The summed E-state index contributed by atoms with van der Waals surface area (Å²) in [6, 6.07) is 5.64. The molecule has 3 rings (SSSR count). The standard InChI is InChI=1S/C30H42N4O6S.C2H6/c1-17(2)12-25(37)40-15-23-26(41-16-31-23)21-10-8-20(9-11-21)18(3)32-28(38)24-13-22(36)14-34(24)29(39)27(30(5,6)7)33-19(4)35;1-2/h8-11,16-18,22,24,27,36H,12-15H2,1-7H3,(H,32,38)(H,33,35);1-2H3. The number of carbonyl (C=O) groups is 4. The van der Waals surface area contributed by atoms with Crippen molar-refractivity contribution in [3.63, 3.8) is 0 Å². The molecule has 1 aliphatic heterocycles. The first-order chi connectivity index (χ1) is 20.2. The number of ether oxygens (including phenoxy) is 1. The molecule has 0 spiro atoms. The summed E-state index contributed by atoms with van der Waals surface area (Å²) in [4.78, 5) is 57.2. The van der Waals surface area contributed by atoms with Crippen LogP contribution < -0.4 is 10.6 Å². The van der Waals surface area contributed by atoms with E-state index in [1.807, 2.05) is 79.7 Å². The van der Waals surface area contributed by atoms with E-state index in [2.05, 4.69) is 15.6 Å². The van der Waals surface area contributed by atoms with Gasteiger partial charge in [-0.05, 0) is 29.4 Å². The first kappa shape index (κ1) is 35.9. The number of aliphatic hydroxyl groups is 1. The summed E-state index contributed by atoms with van der Waals surface area (Å²) in [6.45, 7) is 16.8. The summed E-state index contributed by atoms with van der Waals surface area (Å²) in [6.07, 6.45) is -0.355. The predicted octanol–water partition coefficient (Wildman–Crippen LogP) is 4.62. The van der Waals surface area contributed by atoms with E-state index < -0.39 is 29.5 Å². The fourth-order valence-electron chi connectivity index (χ4n) is 4.79. The Morgan fingerprint density at radius 1 is 1.09 bits per heavy atom. The molecule has 3 N–H and O–H groups in total. The van der Waals surface area contributed by atoms with Crippen LogP contribution >= 0.6 is 11.3 Å². The quantitative estimate of drug-likeness (QED) is 0.331. The van der Waals surface area contributed by atoms with Crippen LogP contribution in [0.2, 0.25) is 0 Å². The number of aromatic nitrogens is 1. The Bertz CT molecular complexity index is 1240. The smallest absolute Gasteiger partial charge is 0.306 e. The Kier molecular flexibility index (Phi) is 13.3. The summed E-state index contributed by atoms with van der Waals surface area (Å²) in [5, 5.41) is 16.0. The number of rotatable bonds is 10. The van der Waals surface area contributed by atoms with E-state index >= 15 is 0 Å². The second-order valence-corrected chi connectivity index (χ2v) is 13.0. The molecule has 1 saturated heterocycles. The van der Waals surface area contributed by atoms with E-state index in [0.29, 0.717) is 12.1 Å². The average Bonchev–Trinajstić information content (AvgIpc) is 3.57. The molecule has 0 saturated carbocycles. The van der Waals surface area contributed by atoms with Crippen LogP contribution in [0, 0.1) is 11.3 Å². The number of thiazole rings is 1. The van der Waals surface area contributed by atoms with Gasteiger partial charge < -0.3 is 25.4 Å². The zero-order chi connectivity index (χ0) is 32.5. The molecule has 2 heterocycles. The molecule has 1 aromatic heterocycles. The van der Waals surface area contributed by atoms with Gasteiger partial charge in [-0.2, -0.15) is 0 Å². The number of hydrogen-bond acceptors (Lipinski definition) is 8. The molecule has 4 unspecified atom stereocenters. The van der Waals surface area contributed by atoms with Gasteiger partial charge in [0.05, 0.1) is 28.2 Å². The molecule has 1 aliphatic rings. The maximum absolute atomic E-state index is 13.4. The normalized spacial score (nSPS) is 17.9. The molecule has 11 heteroatoms. The van der Waals surface area contributed by atoms with E-state index in [1.54, 1.807) is 5.51 Å². The van der Waals surface area contributed by atoms with Crippen LogP contribution in [-0.4, -0.2) is 63.4 Å². The molecule has 1 aromatic carbocycles. The number of esters is 1. The molecule has 10 nitrogen and oxygen atoms in total. The van der Waals surface area contributed by atoms with E-state index in [9.17, 15) is 24.3 Å². The van der Waals surface area contributed by atoms with Crippen LogP contribution in [0.25, 0.3) is 10.4 Å². The second kappa shape index (κ2) is 16.0. The van der Waals surface area contributed by atoms with E-state index in [1.165, 1.54) is 23.2 Å². The first-order valence-corrected chi connectivity index (χ1v) is 15.8. The van der Waals surface area contributed by atoms with E-state index in [4.69, 9.17) is 4.74 Å². The highest BCUT2D eigenvalue weighted by Crippen LogP contribution is 2.30. The summed E-state index contributed by atoms with van der Waals surface area (Å²) in [5.41, 5.74) is 3.61. The van der Waals surface area contributed by atoms with Gasteiger partial charge in [0.15, 0.2) is 0 Å². The third-order valence-electron chi connectivity index (χ3n) is 6.94. The summed E-state index contributed by atoms with van der Waals surface area (Å²) >= 11 is 1.46. The Hall–Kier alpha value is -3.31. The fourth-order valence-corrected chi connectivity index (χ4v) is 5.59. The fraction of sp³-hybridized carbons (Fsp3) is 0.594. The van der Waals surface area contributed by atoms with Crippen molar-refractivity contribution in [3.05, 3.63) is 41.0 Å². The van der Waals surface area contributed by atoms with E-state index in [0.717, 1.165) is 16.0 Å². The number of carbonyl (C=O) groups excluding carboxylic acids is 4. The molecule has 43 heavy (non-hydrogen) atoms. The Labute approximate surface area is 259 Å². The summed E-state index contributed by atoms with van der Waals surface area (Å²) in [5.74, 6) is -1.13. The van der Waals surface area contributed by atoms with Gasteiger partial charge in [-0.3, -0.25) is 19.2 Å². The van der Waals surface area contributed by atoms with Crippen molar-refractivity contribution >= 4 is 35.0 Å². The van der Waals surface area contributed by atoms with Gasteiger partial charge in [0.1, 0.15) is 18.7 Å². The van der Waals surface area contributed by atoms with Gasteiger partial charge in [-0.1, -0.05) is 72.7 Å². The Balaban J connectivity index is 0.00000316. The average molecular weight is 617 g/mol. The van der Waals surface area contributed by atoms with Crippen molar-refractivity contribution in [1.29, 1.82) is 0 Å². The van der Waals surface area contributed by atoms with Crippen molar-refractivity contribution in [1.82, 2.24) is 20.5 Å². The van der Waals surface area contributed by atoms with Gasteiger partial charge >= 0.3 is 5.97 Å². The monoisotopic (exact) mass is 616 g/mol. The van der Waals surface area contributed by atoms with Crippen LogP contribution in [0.3, 0.4) is 0 Å². The lowest BCUT2D eigenvalue weighted by molar-refractivity contribution is -0.145. The lowest BCUT2D eigenvalue weighted by Gasteiger charge is -2.35. The minimum Gasteiger partial charge on any atom is -0.459 e. The number of aliphatic hydroxyl groups excluding tert-OH is 1. The van der Waals surface area contributed by atoms with Crippen LogP contribution in [0.5, 0.6) is 0 Å². The third-order valence-corrected chi connectivity index (χ3v) is 7.86. The number of nitrogens with one attached hydrogen (secondary N) is 2. The van der Waals surface area contributed by atoms with E-state index in [-0.39, 0.29) is 49.3 Å². The molecule has 1 fully saturated rings. The van der Waals surface area contributed by atoms with Crippen molar-refractivity contribution in [2.75, 3.05) is 6.54 Å². The Morgan fingerprint density at radius 2 is 1.72 bits per heavy atom. The third kappa shape index (κ3) is 10.1. The van der Waals surface area contributed by atoms with Gasteiger partial charge in [0.25, 0.3) is 0 Å². The number of likely N-dealkylation sites (tertiary alicyclic amines) is 1. The molecular formula is C32H48N4O6S. The maximum atomic E-state index is 13.4. The van der Waals surface area contributed by atoms with Gasteiger partial charge in [-0.15, -0.1) is 11.3 Å². The van der Waals surface area contributed by atoms with Crippen LogP contribution in [0.1, 0.15) is 92.5 Å². The lowest BCUT2D eigenvalue weighted by atomic mass is 9.85. The van der Waals surface area contributed by atoms with Crippen molar-refractivity contribution < 1.29 is 29.0 Å². The number of β-amino-alcohol motifs (C(OH)–C–C–N with tert-alkyl or cyclic N) is 1. The number of benzene rings is 1.